The van der Waals surface area contributed by atoms with Gasteiger partial charge < -0.3 is 0 Å². The maximum absolute atomic E-state index is 13.0. The summed E-state index contributed by atoms with van der Waals surface area (Å²) >= 11 is 8.60. The van der Waals surface area contributed by atoms with Crippen LogP contribution in [-0.4, -0.2) is 0 Å². The molecule has 1 aromatic rings. The Morgan fingerprint density at radius 2 is 2.18 bits per heavy atom. The van der Waals surface area contributed by atoms with Crippen molar-refractivity contribution in [2.75, 3.05) is 0 Å². The zero-order valence-electron chi connectivity index (χ0n) is 5.57. The molecule has 11 heavy (non-hydrogen) atoms. The van der Waals surface area contributed by atoms with Crippen LogP contribution in [0.15, 0.2) is 24.8 Å². The molecule has 1 aromatic carbocycles. The SMILES string of the molecule is C=C(Br)c1cccc(Cl)c1F. The molecule has 0 aliphatic rings. The summed E-state index contributed by atoms with van der Waals surface area (Å²) in [5, 5.41) is 0.114. The van der Waals surface area contributed by atoms with Gasteiger partial charge in [0.05, 0.1) is 5.02 Å². The van der Waals surface area contributed by atoms with Crippen LogP contribution in [0.5, 0.6) is 0 Å². The van der Waals surface area contributed by atoms with Crippen molar-refractivity contribution >= 4 is 32.0 Å². The number of halogens is 3. The van der Waals surface area contributed by atoms with Crippen LogP contribution in [0.4, 0.5) is 4.39 Å². The van der Waals surface area contributed by atoms with Crippen LogP contribution < -0.4 is 0 Å². The number of rotatable bonds is 1. The number of hydrogen-bond donors (Lipinski definition) is 0. The molecule has 0 saturated carbocycles. The monoisotopic (exact) mass is 234 g/mol. The molecule has 0 aliphatic carbocycles. The summed E-state index contributed by atoms with van der Waals surface area (Å²) in [6, 6.07) is 4.78. The van der Waals surface area contributed by atoms with Gasteiger partial charge in [0, 0.05) is 10.0 Å². The van der Waals surface area contributed by atoms with Crippen LogP contribution in [0.3, 0.4) is 0 Å². The molecular formula is C8H5BrClF. The molecule has 0 spiro atoms. The summed E-state index contributed by atoms with van der Waals surface area (Å²) in [4.78, 5) is 0. The Morgan fingerprint density at radius 3 is 2.64 bits per heavy atom. The molecule has 0 unspecified atom stereocenters. The standard InChI is InChI=1S/C8H5BrClF/c1-5(9)6-3-2-4-7(10)8(6)11/h2-4H,1H2. The first-order chi connectivity index (χ1) is 5.13. The lowest BCUT2D eigenvalue weighted by atomic mass is 10.2. The van der Waals surface area contributed by atoms with Crippen LogP contribution in [0.25, 0.3) is 4.48 Å². The quantitative estimate of drug-likeness (QED) is 0.694. The highest BCUT2D eigenvalue weighted by Crippen LogP contribution is 2.26. The fourth-order valence-corrected chi connectivity index (χ4v) is 1.19. The third-order valence-electron chi connectivity index (χ3n) is 1.24. The van der Waals surface area contributed by atoms with Gasteiger partial charge in [0.2, 0.25) is 0 Å². The molecule has 0 saturated heterocycles. The molecule has 0 atom stereocenters. The minimum absolute atomic E-state index is 0.114. The van der Waals surface area contributed by atoms with Crippen LogP contribution in [0, 0.1) is 5.82 Å². The van der Waals surface area contributed by atoms with E-state index >= 15 is 0 Å². The Morgan fingerprint density at radius 1 is 1.55 bits per heavy atom. The fourth-order valence-electron chi connectivity index (χ4n) is 0.713. The minimum atomic E-state index is -0.434. The molecule has 0 radical (unpaired) electrons. The van der Waals surface area contributed by atoms with Crippen molar-refractivity contribution in [1.29, 1.82) is 0 Å². The Kier molecular flexibility index (Phi) is 2.68. The van der Waals surface area contributed by atoms with E-state index in [2.05, 4.69) is 22.5 Å². The van der Waals surface area contributed by atoms with E-state index in [0.29, 0.717) is 10.0 Å². The van der Waals surface area contributed by atoms with Crippen molar-refractivity contribution < 1.29 is 4.39 Å². The number of benzene rings is 1. The van der Waals surface area contributed by atoms with E-state index in [-0.39, 0.29) is 5.02 Å². The lowest BCUT2D eigenvalue weighted by Crippen LogP contribution is -1.84. The molecule has 0 amide bonds. The highest BCUT2D eigenvalue weighted by Gasteiger charge is 2.06. The van der Waals surface area contributed by atoms with Gasteiger partial charge in [-0.05, 0) is 6.07 Å². The Labute approximate surface area is 77.8 Å². The van der Waals surface area contributed by atoms with Gasteiger partial charge >= 0.3 is 0 Å². The normalized spacial score (nSPS) is 9.73. The third kappa shape index (κ3) is 1.82. The lowest BCUT2D eigenvalue weighted by molar-refractivity contribution is 0.625. The largest absolute Gasteiger partial charge is 0.205 e. The molecule has 0 fully saturated rings. The van der Waals surface area contributed by atoms with Crippen LogP contribution >= 0.6 is 27.5 Å². The second kappa shape index (κ2) is 3.37. The summed E-state index contributed by atoms with van der Waals surface area (Å²) < 4.78 is 13.5. The molecule has 0 nitrogen and oxygen atoms in total. The first-order valence-corrected chi connectivity index (χ1v) is 4.09. The molecule has 1 rings (SSSR count). The van der Waals surface area contributed by atoms with Gasteiger partial charge in [-0.1, -0.05) is 46.2 Å². The van der Waals surface area contributed by atoms with E-state index in [1.54, 1.807) is 12.1 Å². The molecule has 58 valence electrons. The molecule has 3 heteroatoms. The second-order valence-corrected chi connectivity index (χ2v) is 3.37. The number of hydrogen-bond acceptors (Lipinski definition) is 0. The molecular weight excluding hydrogens is 230 g/mol. The maximum atomic E-state index is 13.0. The van der Waals surface area contributed by atoms with E-state index in [4.69, 9.17) is 11.6 Å². The van der Waals surface area contributed by atoms with Gasteiger partial charge in [-0.15, -0.1) is 0 Å². The first kappa shape index (κ1) is 8.75. The van der Waals surface area contributed by atoms with Crippen molar-refractivity contribution in [3.05, 3.63) is 41.2 Å². The smallest absolute Gasteiger partial charge is 0.150 e. The van der Waals surface area contributed by atoms with E-state index in [9.17, 15) is 4.39 Å². The van der Waals surface area contributed by atoms with E-state index < -0.39 is 5.82 Å². The molecule has 0 heterocycles. The predicted octanol–water partition coefficient (Wildman–Crippen LogP) is 3.84. The maximum Gasteiger partial charge on any atom is 0.150 e. The fraction of sp³-hybridized carbons (Fsp3) is 0. The van der Waals surface area contributed by atoms with Crippen LogP contribution in [0.1, 0.15) is 5.56 Å². The lowest BCUT2D eigenvalue weighted by Gasteiger charge is -2.00. The molecule has 0 N–H and O–H groups in total. The molecule has 0 aliphatic heterocycles. The van der Waals surface area contributed by atoms with Crippen molar-refractivity contribution in [3.63, 3.8) is 0 Å². The molecule has 0 aromatic heterocycles. The highest BCUT2D eigenvalue weighted by molar-refractivity contribution is 9.15. The van der Waals surface area contributed by atoms with Gasteiger partial charge in [0.25, 0.3) is 0 Å². The average Bonchev–Trinajstić information content (AvgIpc) is 1.94. The van der Waals surface area contributed by atoms with Crippen molar-refractivity contribution in [1.82, 2.24) is 0 Å². The second-order valence-electron chi connectivity index (χ2n) is 2.01. The van der Waals surface area contributed by atoms with Gasteiger partial charge in [-0.25, -0.2) is 4.39 Å². The topological polar surface area (TPSA) is 0 Å². The van der Waals surface area contributed by atoms with Gasteiger partial charge in [-0.2, -0.15) is 0 Å². The highest BCUT2D eigenvalue weighted by atomic mass is 79.9. The Hall–Kier alpha value is -0.340. The van der Waals surface area contributed by atoms with Gasteiger partial charge in [-0.3, -0.25) is 0 Å². The van der Waals surface area contributed by atoms with E-state index in [1.165, 1.54) is 6.07 Å². The zero-order chi connectivity index (χ0) is 8.43. The minimum Gasteiger partial charge on any atom is -0.205 e. The summed E-state index contributed by atoms with van der Waals surface area (Å²) in [5.74, 6) is -0.434. The van der Waals surface area contributed by atoms with Gasteiger partial charge in [0.1, 0.15) is 5.82 Å². The van der Waals surface area contributed by atoms with Crippen molar-refractivity contribution in [2.45, 2.75) is 0 Å². The summed E-state index contributed by atoms with van der Waals surface area (Å²) in [6.45, 7) is 3.55. The summed E-state index contributed by atoms with van der Waals surface area (Å²) in [6.07, 6.45) is 0. The van der Waals surface area contributed by atoms with Crippen LogP contribution in [0.2, 0.25) is 5.02 Å². The average molecular weight is 235 g/mol. The molecule has 0 bridgehead atoms. The summed E-state index contributed by atoms with van der Waals surface area (Å²) in [7, 11) is 0. The van der Waals surface area contributed by atoms with Crippen LogP contribution in [-0.2, 0) is 0 Å². The van der Waals surface area contributed by atoms with E-state index in [0.717, 1.165) is 0 Å². The first-order valence-electron chi connectivity index (χ1n) is 2.91. The Balaban J connectivity index is 3.27. The predicted molar refractivity (Wildman–Crippen MR) is 49.4 cm³/mol. The van der Waals surface area contributed by atoms with Crippen molar-refractivity contribution in [3.8, 4) is 0 Å². The van der Waals surface area contributed by atoms with E-state index in [1.807, 2.05) is 0 Å². The van der Waals surface area contributed by atoms with Gasteiger partial charge in [0.15, 0.2) is 0 Å². The summed E-state index contributed by atoms with van der Waals surface area (Å²) in [5.41, 5.74) is 0.400. The Bertz CT molecular complexity index is 296. The van der Waals surface area contributed by atoms with Crippen molar-refractivity contribution in [2.24, 2.45) is 0 Å². The zero-order valence-corrected chi connectivity index (χ0v) is 7.91. The third-order valence-corrected chi connectivity index (χ3v) is 1.96.